The Balaban J connectivity index is 1.80. The Morgan fingerprint density at radius 1 is 1.21 bits per heavy atom. The summed E-state index contributed by atoms with van der Waals surface area (Å²) in [7, 11) is 0. The summed E-state index contributed by atoms with van der Waals surface area (Å²) < 4.78 is 0. The number of nitriles is 1. The monoisotopic (exact) mass is 372 g/mol. The molecule has 1 atom stereocenters. The van der Waals surface area contributed by atoms with Crippen LogP contribution >= 0.6 is 0 Å². The van der Waals surface area contributed by atoms with Crippen LogP contribution in [-0.4, -0.2) is 16.0 Å². The molecule has 2 aromatic rings. The molecule has 5 nitrogen and oxygen atoms in total. The van der Waals surface area contributed by atoms with E-state index in [4.69, 9.17) is 0 Å². The van der Waals surface area contributed by atoms with Crippen molar-refractivity contribution in [1.82, 2.24) is 10.2 Å². The van der Waals surface area contributed by atoms with Crippen molar-refractivity contribution in [2.75, 3.05) is 5.32 Å². The smallest absolute Gasteiger partial charge is 0.162 e. The average molecular weight is 372 g/mol. The minimum absolute atomic E-state index is 0.0779. The topological polar surface area (TPSA) is 81.6 Å². The first kappa shape index (κ1) is 17.2. The van der Waals surface area contributed by atoms with Crippen LogP contribution in [0.1, 0.15) is 74.8 Å². The zero-order valence-corrected chi connectivity index (χ0v) is 16.5. The van der Waals surface area contributed by atoms with Gasteiger partial charge in [0.15, 0.2) is 11.6 Å². The molecule has 2 N–H and O–H groups in total. The third-order valence-corrected chi connectivity index (χ3v) is 6.49. The fourth-order valence-electron chi connectivity index (χ4n) is 5.08. The van der Waals surface area contributed by atoms with Gasteiger partial charge in [0, 0.05) is 34.9 Å². The Bertz CT molecular complexity index is 1080. The van der Waals surface area contributed by atoms with Gasteiger partial charge in [0.2, 0.25) is 0 Å². The Hall–Kier alpha value is -2.87. The number of fused-ring (bicyclic) bond motifs is 1. The van der Waals surface area contributed by atoms with Crippen LogP contribution < -0.4 is 5.32 Å². The van der Waals surface area contributed by atoms with Gasteiger partial charge in [-0.15, -0.1) is 0 Å². The number of H-pyrrole nitrogens is 1. The van der Waals surface area contributed by atoms with E-state index in [1.54, 1.807) is 0 Å². The number of anilines is 1. The fraction of sp³-hybridized carbons (Fsp3) is 0.435. The SMILES string of the molecule is CC1(C)CC(=O)C2=C(C1)Nc1n[nH]c(C3CC3)c1[C@@]2(C)c1cccc(C#N)c1. The van der Waals surface area contributed by atoms with Crippen molar-refractivity contribution in [1.29, 1.82) is 5.26 Å². The number of aromatic amines is 1. The molecule has 1 fully saturated rings. The molecule has 3 aliphatic rings. The maximum absolute atomic E-state index is 13.4. The number of rotatable bonds is 2. The maximum Gasteiger partial charge on any atom is 0.162 e. The van der Waals surface area contributed by atoms with E-state index in [0.29, 0.717) is 17.9 Å². The standard InChI is InChI=1S/C23H24N4O/c1-22(2)10-16-18(17(28)11-22)23(3,15-6-4-5-13(9-15)12-24)19-20(14-7-8-14)26-27-21(19)25-16/h4-6,9,14H,7-8,10-11H2,1-3H3,(H2,25,26,27)/t23-/m0/s1. The number of ketones is 1. The van der Waals surface area contributed by atoms with E-state index < -0.39 is 5.41 Å². The van der Waals surface area contributed by atoms with Gasteiger partial charge in [0.05, 0.1) is 17.0 Å². The second kappa shape index (κ2) is 5.57. The van der Waals surface area contributed by atoms with Gasteiger partial charge in [0.25, 0.3) is 0 Å². The Kier molecular flexibility index (Phi) is 3.43. The third kappa shape index (κ3) is 2.37. The molecule has 0 amide bonds. The number of nitrogens with zero attached hydrogens (tertiary/aromatic N) is 2. The predicted octanol–water partition coefficient (Wildman–Crippen LogP) is 4.53. The van der Waals surface area contributed by atoms with Crippen LogP contribution in [0, 0.1) is 16.7 Å². The summed E-state index contributed by atoms with van der Waals surface area (Å²) >= 11 is 0. The summed E-state index contributed by atoms with van der Waals surface area (Å²) in [4.78, 5) is 13.4. The van der Waals surface area contributed by atoms with Gasteiger partial charge >= 0.3 is 0 Å². The van der Waals surface area contributed by atoms with Gasteiger partial charge in [-0.2, -0.15) is 10.4 Å². The molecule has 1 saturated carbocycles. The Labute approximate surface area is 164 Å². The zero-order chi connectivity index (χ0) is 19.7. The highest BCUT2D eigenvalue weighted by atomic mass is 16.1. The van der Waals surface area contributed by atoms with Crippen molar-refractivity contribution in [3.63, 3.8) is 0 Å². The van der Waals surface area contributed by atoms with E-state index in [0.717, 1.165) is 53.2 Å². The van der Waals surface area contributed by atoms with Gasteiger partial charge in [-0.1, -0.05) is 26.0 Å². The normalized spacial score (nSPS) is 25.6. The first-order valence-electron chi connectivity index (χ1n) is 9.97. The molecule has 5 heteroatoms. The van der Waals surface area contributed by atoms with E-state index in [2.05, 4.69) is 42.4 Å². The van der Waals surface area contributed by atoms with Crippen molar-refractivity contribution < 1.29 is 4.79 Å². The second-order valence-corrected chi connectivity index (χ2v) is 9.37. The highest BCUT2D eigenvalue weighted by molar-refractivity contribution is 6.03. The third-order valence-electron chi connectivity index (χ3n) is 6.49. The molecule has 0 radical (unpaired) electrons. The lowest BCUT2D eigenvalue weighted by molar-refractivity contribution is -0.118. The van der Waals surface area contributed by atoms with Crippen LogP contribution in [0.3, 0.4) is 0 Å². The number of benzene rings is 1. The number of carbonyl (C=O) groups excluding carboxylic acids is 1. The van der Waals surface area contributed by atoms with Gasteiger partial charge in [0.1, 0.15) is 0 Å². The molecule has 1 aliphatic heterocycles. The van der Waals surface area contributed by atoms with Gasteiger partial charge in [-0.05, 0) is 49.3 Å². The molecule has 0 unspecified atom stereocenters. The van der Waals surface area contributed by atoms with Gasteiger partial charge in [-0.25, -0.2) is 0 Å². The van der Waals surface area contributed by atoms with E-state index in [9.17, 15) is 10.1 Å². The number of allylic oxidation sites excluding steroid dienone is 2. The lowest BCUT2D eigenvalue weighted by Crippen LogP contribution is -2.42. The van der Waals surface area contributed by atoms with Crippen LogP contribution in [0.2, 0.25) is 0 Å². The molecule has 0 saturated heterocycles. The molecule has 2 heterocycles. The van der Waals surface area contributed by atoms with Crippen LogP contribution in [0.5, 0.6) is 0 Å². The number of hydrogen-bond donors (Lipinski definition) is 2. The van der Waals surface area contributed by atoms with Gasteiger partial charge < -0.3 is 5.32 Å². The van der Waals surface area contributed by atoms with Crippen molar-refractivity contribution in [3.8, 4) is 6.07 Å². The molecule has 1 aromatic heterocycles. The number of nitrogens with one attached hydrogen (secondary N) is 2. The van der Waals surface area contributed by atoms with Crippen molar-refractivity contribution in [3.05, 3.63) is 57.9 Å². The number of hydrogen-bond acceptors (Lipinski definition) is 4. The van der Waals surface area contributed by atoms with Crippen molar-refractivity contribution in [2.45, 2.75) is 57.8 Å². The minimum atomic E-state index is -0.610. The Morgan fingerprint density at radius 3 is 2.71 bits per heavy atom. The zero-order valence-electron chi connectivity index (χ0n) is 16.5. The minimum Gasteiger partial charge on any atom is -0.342 e. The summed E-state index contributed by atoms with van der Waals surface area (Å²) in [6.45, 7) is 6.41. The predicted molar refractivity (Wildman–Crippen MR) is 107 cm³/mol. The number of aromatic nitrogens is 2. The summed E-state index contributed by atoms with van der Waals surface area (Å²) in [5.74, 6) is 1.50. The van der Waals surface area contributed by atoms with Crippen LogP contribution in [0.4, 0.5) is 5.82 Å². The van der Waals surface area contributed by atoms with Gasteiger partial charge in [-0.3, -0.25) is 9.89 Å². The maximum atomic E-state index is 13.4. The summed E-state index contributed by atoms with van der Waals surface area (Å²) in [5, 5.41) is 20.8. The first-order valence-corrected chi connectivity index (χ1v) is 9.97. The highest BCUT2D eigenvalue weighted by Gasteiger charge is 2.51. The summed E-state index contributed by atoms with van der Waals surface area (Å²) in [6, 6.07) is 9.94. The molecule has 0 bridgehead atoms. The van der Waals surface area contributed by atoms with E-state index >= 15 is 0 Å². The molecule has 28 heavy (non-hydrogen) atoms. The first-order chi connectivity index (χ1) is 13.3. The number of carbonyl (C=O) groups is 1. The lowest BCUT2D eigenvalue weighted by atomic mass is 9.61. The highest BCUT2D eigenvalue weighted by Crippen LogP contribution is 2.55. The van der Waals surface area contributed by atoms with Crippen LogP contribution in [-0.2, 0) is 10.2 Å². The van der Waals surface area contributed by atoms with E-state index in [1.807, 2.05) is 24.3 Å². The number of Topliss-reactive ketones (excluding diaryl/α,β-unsaturated/α-hetero) is 1. The molecule has 0 spiro atoms. The van der Waals surface area contributed by atoms with E-state index in [1.165, 1.54) is 0 Å². The molecule has 1 aromatic carbocycles. The summed E-state index contributed by atoms with van der Waals surface area (Å²) in [6.07, 6.45) is 3.64. The Morgan fingerprint density at radius 2 is 2.00 bits per heavy atom. The van der Waals surface area contributed by atoms with Crippen LogP contribution in [0.15, 0.2) is 35.5 Å². The van der Waals surface area contributed by atoms with E-state index in [-0.39, 0.29) is 11.2 Å². The lowest BCUT2D eigenvalue weighted by Gasteiger charge is -2.44. The largest absolute Gasteiger partial charge is 0.342 e. The van der Waals surface area contributed by atoms with Crippen molar-refractivity contribution >= 4 is 11.6 Å². The molecule has 2 aliphatic carbocycles. The fourth-order valence-corrected chi connectivity index (χ4v) is 5.08. The molecular weight excluding hydrogens is 348 g/mol. The second-order valence-electron chi connectivity index (χ2n) is 9.37. The molecular formula is C23H24N4O. The quantitative estimate of drug-likeness (QED) is 0.811. The molecule has 5 rings (SSSR count). The van der Waals surface area contributed by atoms with Crippen LogP contribution in [0.25, 0.3) is 0 Å². The average Bonchev–Trinajstić information content (AvgIpc) is 3.40. The summed E-state index contributed by atoms with van der Waals surface area (Å²) in [5.41, 5.74) is 4.95. The molecule has 142 valence electrons. The van der Waals surface area contributed by atoms with Crippen molar-refractivity contribution in [2.24, 2.45) is 5.41 Å².